The summed E-state index contributed by atoms with van der Waals surface area (Å²) in [6, 6.07) is 0.574. The largest absolute Gasteiger partial charge is 0.381 e. The first kappa shape index (κ1) is 8.48. The maximum atomic E-state index is 5.39. The van der Waals surface area contributed by atoms with Crippen molar-refractivity contribution in [1.82, 2.24) is 5.32 Å². The second-order valence-corrected chi connectivity index (χ2v) is 3.69. The number of rotatable bonds is 2. The molecule has 0 saturated carbocycles. The van der Waals surface area contributed by atoms with Gasteiger partial charge >= 0.3 is 0 Å². The normalized spacial score (nSPS) is 37.0. The van der Waals surface area contributed by atoms with Crippen LogP contribution in [-0.2, 0) is 9.47 Å². The Morgan fingerprint density at radius 3 is 2.75 bits per heavy atom. The second-order valence-electron chi connectivity index (χ2n) is 3.69. The van der Waals surface area contributed by atoms with Gasteiger partial charge in [0.1, 0.15) is 0 Å². The summed E-state index contributed by atoms with van der Waals surface area (Å²) >= 11 is 0. The quantitative estimate of drug-likeness (QED) is 0.652. The van der Waals surface area contributed by atoms with Gasteiger partial charge in [0.05, 0.1) is 13.2 Å². The standard InChI is InChI=1S/C9H17NO2/c1-3-11-6-8(1)5-9-7-12-4-2-10-9/h8-10H,1-7H2. The molecule has 0 aliphatic carbocycles. The predicted molar refractivity (Wildman–Crippen MR) is 46.2 cm³/mol. The Kier molecular flexibility index (Phi) is 2.98. The van der Waals surface area contributed by atoms with Crippen molar-refractivity contribution < 1.29 is 9.47 Å². The van der Waals surface area contributed by atoms with Crippen molar-refractivity contribution >= 4 is 0 Å². The predicted octanol–water partition coefficient (Wildman–Crippen LogP) is 0.401. The van der Waals surface area contributed by atoms with Crippen LogP contribution in [0.5, 0.6) is 0 Å². The number of nitrogens with one attached hydrogen (secondary N) is 1. The van der Waals surface area contributed by atoms with Crippen LogP contribution in [-0.4, -0.2) is 39.0 Å². The third-order valence-corrected chi connectivity index (χ3v) is 2.64. The molecule has 3 heteroatoms. The van der Waals surface area contributed by atoms with E-state index in [1.54, 1.807) is 0 Å². The van der Waals surface area contributed by atoms with Gasteiger partial charge < -0.3 is 14.8 Å². The molecule has 70 valence electrons. The van der Waals surface area contributed by atoms with Crippen LogP contribution in [0.4, 0.5) is 0 Å². The average Bonchev–Trinajstić information content (AvgIpc) is 2.59. The molecule has 2 atom stereocenters. The van der Waals surface area contributed by atoms with Gasteiger partial charge in [0, 0.05) is 25.8 Å². The number of ether oxygens (including phenoxy) is 2. The van der Waals surface area contributed by atoms with Gasteiger partial charge in [-0.2, -0.15) is 0 Å². The fourth-order valence-corrected chi connectivity index (χ4v) is 1.94. The Morgan fingerprint density at radius 2 is 2.08 bits per heavy atom. The summed E-state index contributed by atoms with van der Waals surface area (Å²) in [5, 5.41) is 3.47. The molecule has 0 aromatic carbocycles. The van der Waals surface area contributed by atoms with Crippen LogP contribution in [0.3, 0.4) is 0 Å². The highest BCUT2D eigenvalue weighted by molar-refractivity contribution is 4.76. The Morgan fingerprint density at radius 1 is 1.17 bits per heavy atom. The minimum absolute atomic E-state index is 0.574. The lowest BCUT2D eigenvalue weighted by atomic mass is 9.99. The van der Waals surface area contributed by atoms with Gasteiger partial charge in [-0.25, -0.2) is 0 Å². The van der Waals surface area contributed by atoms with Gasteiger partial charge in [-0.05, 0) is 18.8 Å². The van der Waals surface area contributed by atoms with E-state index in [9.17, 15) is 0 Å². The molecule has 12 heavy (non-hydrogen) atoms. The van der Waals surface area contributed by atoms with E-state index in [0.717, 1.165) is 38.9 Å². The van der Waals surface area contributed by atoms with E-state index < -0.39 is 0 Å². The van der Waals surface area contributed by atoms with Gasteiger partial charge in [-0.1, -0.05) is 0 Å². The van der Waals surface area contributed by atoms with Crippen LogP contribution in [0.25, 0.3) is 0 Å². The van der Waals surface area contributed by atoms with E-state index in [2.05, 4.69) is 5.32 Å². The molecule has 0 bridgehead atoms. The number of hydrogen-bond donors (Lipinski definition) is 1. The molecule has 2 fully saturated rings. The van der Waals surface area contributed by atoms with E-state index in [-0.39, 0.29) is 0 Å². The Hall–Kier alpha value is -0.120. The zero-order valence-corrected chi connectivity index (χ0v) is 7.42. The topological polar surface area (TPSA) is 30.5 Å². The summed E-state index contributed by atoms with van der Waals surface area (Å²) in [5.41, 5.74) is 0. The van der Waals surface area contributed by atoms with Crippen molar-refractivity contribution in [1.29, 1.82) is 0 Å². The SMILES string of the molecule is C1COCC(CC2CCOC2)N1. The fraction of sp³-hybridized carbons (Fsp3) is 1.00. The Bertz CT molecular complexity index is 128. The molecule has 2 saturated heterocycles. The third kappa shape index (κ3) is 2.19. The van der Waals surface area contributed by atoms with Gasteiger partial charge in [0.15, 0.2) is 0 Å². The summed E-state index contributed by atoms with van der Waals surface area (Å²) in [6.07, 6.45) is 2.46. The van der Waals surface area contributed by atoms with E-state index >= 15 is 0 Å². The van der Waals surface area contributed by atoms with Gasteiger partial charge in [0.25, 0.3) is 0 Å². The minimum atomic E-state index is 0.574. The molecular formula is C9H17NO2. The molecule has 2 aliphatic rings. The molecule has 2 heterocycles. The van der Waals surface area contributed by atoms with Crippen molar-refractivity contribution in [3.63, 3.8) is 0 Å². The van der Waals surface area contributed by atoms with E-state index in [1.165, 1.54) is 12.8 Å². The van der Waals surface area contributed by atoms with Crippen molar-refractivity contribution in [3.05, 3.63) is 0 Å². The monoisotopic (exact) mass is 171 g/mol. The lowest BCUT2D eigenvalue weighted by Gasteiger charge is -2.25. The smallest absolute Gasteiger partial charge is 0.0620 e. The lowest BCUT2D eigenvalue weighted by Crippen LogP contribution is -2.42. The molecule has 2 unspecified atom stereocenters. The van der Waals surface area contributed by atoms with E-state index in [4.69, 9.17) is 9.47 Å². The molecule has 3 nitrogen and oxygen atoms in total. The Labute approximate surface area is 73.4 Å². The molecule has 2 aliphatic heterocycles. The first-order valence-corrected chi connectivity index (χ1v) is 4.84. The molecule has 0 aromatic rings. The maximum absolute atomic E-state index is 5.39. The molecule has 0 spiro atoms. The summed E-state index contributed by atoms with van der Waals surface area (Å²) in [6.45, 7) is 4.68. The van der Waals surface area contributed by atoms with Crippen molar-refractivity contribution in [2.24, 2.45) is 5.92 Å². The fourth-order valence-electron chi connectivity index (χ4n) is 1.94. The zero-order chi connectivity index (χ0) is 8.23. The summed E-state index contributed by atoms with van der Waals surface area (Å²) < 4.78 is 10.7. The lowest BCUT2D eigenvalue weighted by molar-refractivity contribution is 0.0672. The number of hydrogen-bond acceptors (Lipinski definition) is 3. The third-order valence-electron chi connectivity index (χ3n) is 2.64. The molecular weight excluding hydrogens is 154 g/mol. The van der Waals surface area contributed by atoms with Crippen molar-refractivity contribution in [3.8, 4) is 0 Å². The van der Waals surface area contributed by atoms with Crippen LogP contribution in [0.2, 0.25) is 0 Å². The van der Waals surface area contributed by atoms with Gasteiger partial charge in [-0.3, -0.25) is 0 Å². The molecule has 0 amide bonds. The molecule has 0 radical (unpaired) electrons. The summed E-state index contributed by atoms with van der Waals surface area (Å²) in [5.74, 6) is 0.768. The minimum Gasteiger partial charge on any atom is -0.381 e. The van der Waals surface area contributed by atoms with Crippen LogP contribution in [0, 0.1) is 5.92 Å². The zero-order valence-electron chi connectivity index (χ0n) is 7.42. The Balaban J connectivity index is 1.69. The maximum Gasteiger partial charge on any atom is 0.0620 e. The van der Waals surface area contributed by atoms with Crippen LogP contribution >= 0.6 is 0 Å². The highest BCUT2D eigenvalue weighted by Crippen LogP contribution is 2.18. The molecule has 2 rings (SSSR count). The molecule has 1 N–H and O–H groups in total. The second kappa shape index (κ2) is 4.21. The van der Waals surface area contributed by atoms with Crippen LogP contribution < -0.4 is 5.32 Å². The van der Waals surface area contributed by atoms with Crippen molar-refractivity contribution in [2.75, 3.05) is 33.0 Å². The van der Waals surface area contributed by atoms with Crippen molar-refractivity contribution in [2.45, 2.75) is 18.9 Å². The van der Waals surface area contributed by atoms with Gasteiger partial charge in [-0.15, -0.1) is 0 Å². The summed E-state index contributed by atoms with van der Waals surface area (Å²) in [4.78, 5) is 0. The van der Waals surface area contributed by atoms with E-state index in [0.29, 0.717) is 6.04 Å². The highest BCUT2D eigenvalue weighted by atomic mass is 16.5. The molecule has 0 aromatic heterocycles. The number of morpholine rings is 1. The van der Waals surface area contributed by atoms with E-state index in [1.807, 2.05) is 0 Å². The first-order chi connectivity index (χ1) is 5.95. The average molecular weight is 171 g/mol. The highest BCUT2D eigenvalue weighted by Gasteiger charge is 2.21. The van der Waals surface area contributed by atoms with Crippen LogP contribution in [0.15, 0.2) is 0 Å². The first-order valence-electron chi connectivity index (χ1n) is 4.84. The van der Waals surface area contributed by atoms with Gasteiger partial charge in [0.2, 0.25) is 0 Å². The summed E-state index contributed by atoms with van der Waals surface area (Å²) in [7, 11) is 0. The van der Waals surface area contributed by atoms with Crippen LogP contribution in [0.1, 0.15) is 12.8 Å².